The Hall–Kier alpha value is -1.56. The Labute approximate surface area is 126 Å². The van der Waals surface area contributed by atoms with Gasteiger partial charge in [-0.1, -0.05) is 40.1 Å². The van der Waals surface area contributed by atoms with Crippen LogP contribution in [0.5, 0.6) is 0 Å². The molecule has 0 aliphatic heterocycles. The standard InChI is InChI=1S/C13H18BrN5O/c1-2-13(12(15)20,17-8-3-9-18-19-16)10-4-6-11(14)7-5-10/h4-7,17H,2-3,8-9H2,1H3,(H2,15,20). The number of carbonyl (C=O) groups is 1. The zero-order valence-corrected chi connectivity index (χ0v) is 12.9. The van der Waals surface area contributed by atoms with Crippen molar-refractivity contribution in [3.63, 3.8) is 0 Å². The number of benzene rings is 1. The molecule has 3 N–H and O–H groups in total. The van der Waals surface area contributed by atoms with Crippen molar-refractivity contribution in [1.29, 1.82) is 0 Å². The van der Waals surface area contributed by atoms with Crippen LogP contribution in [0.2, 0.25) is 0 Å². The maximum atomic E-state index is 11.9. The number of carbonyl (C=O) groups excluding carboxylic acids is 1. The van der Waals surface area contributed by atoms with Crippen molar-refractivity contribution in [2.75, 3.05) is 13.1 Å². The molecule has 0 radical (unpaired) electrons. The van der Waals surface area contributed by atoms with E-state index in [9.17, 15) is 4.79 Å². The fourth-order valence-corrected chi connectivity index (χ4v) is 2.33. The van der Waals surface area contributed by atoms with Gasteiger partial charge in [-0.3, -0.25) is 10.1 Å². The first-order valence-corrected chi connectivity index (χ1v) is 7.18. The molecule has 1 rings (SSSR count). The van der Waals surface area contributed by atoms with Gasteiger partial charge in [0.1, 0.15) is 5.54 Å². The minimum absolute atomic E-state index is 0.391. The van der Waals surface area contributed by atoms with E-state index >= 15 is 0 Å². The van der Waals surface area contributed by atoms with Crippen molar-refractivity contribution in [3.8, 4) is 0 Å². The second kappa shape index (κ2) is 7.89. The summed E-state index contributed by atoms with van der Waals surface area (Å²) in [6, 6.07) is 7.51. The number of rotatable bonds is 8. The van der Waals surface area contributed by atoms with Gasteiger partial charge in [0.15, 0.2) is 0 Å². The Balaban J connectivity index is 2.88. The first kappa shape index (κ1) is 16.5. The molecule has 0 aliphatic carbocycles. The largest absolute Gasteiger partial charge is 0.368 e. The van der Waals surface area contributed by atoms with E-state index in [2.05, 4.69) is 31.3 Å². The fraction of sp³-hybridized carbons (Fsp3) is 0.462. The van der Waals surface area contributed by atoms with Crippen molar-refractivity contribution in [2.45, 2.75) is 25.3 Å². The maximum Gasteiger partial charge on any atom is 0.242 e. The Morgan fingerprint density at radius 1 is 1.50 bits per heavy atom. The average molecular weight is 340 g/mol. The van der Waals surface area contributed by atoms with Crippen LogP contribution in [0.4, 0.5) is 0 Å². The minimum atomic E-state index is -0.892. The summed E-state index contributed by atoms with van der Waals surface area (Å²) in [4.78, 5) is 14.6. The number of hydrogen-bond donors (Lipinski definition) is 2. The SMILES string of the molecule is CCC(NCCCN=[N+]=[N-])(C(N)=O)c1ccc(Br)cc1. The van der Waals surface area contributed by atoms with Gasteiger partial charge in [-0.2, -0.15) is 0 Å². The van der Waals surface area contributed by atoms with Crippen molar-refractivity contribution >= 4 is 21.8 Å². The second-order valence-electron chi connectivity index (χ2n) is 4.36. The van der Waals surface area contributed by atoms with Gasteiger partial charge in [0, 0.05) is 15.9 Å². The molecular formula is C13H18BrN5O. The van der Waals surface area contributed by atoms with E-state index < -0.39 is 11.4 Å². The molecule has 0 aliphatic rings. The third-order valence-corrected chi connectivity index (χ3v) is 3.74. The highest BCUT2D eigenvalue weighted by Crippen LogP contribution is 2.26. The van der Waals surface area contributed by atoms with Gasteiger partial charge in [-0.15, -0.1) is 0 Å². The Kier molecular flexibility index (Phi) is 6.51. The average Bonchev–Trinajstić information content (AvgIpc) is 2.44. The van der Waals surface area contributed by atoms with Gasteiger partial charge in [0.05, 0.1) is 0 Å². The predicted molar refractivity (Wildman–Crippen MR) is 81.9 cm³/mol. The van der Waals surface area contributed by atoms with Gasteiger partial charge in [-0.05, 0) is 42.6 Å². The topological polar surface area (TPSA) is 104 Å². The van der Waals surface area contributed by atoms with Crippen LogP contribution < -0.4 is 11.1 Å². The van der Waals surface area contributed by atoms with Crippen LogP contribution in [0.1, 0.15) is 25.3 Å². The molecule has 1 amide bonds. The van der Waals surface area contributed by atoms with E-state index in [0.29, 0.717) is 25.9 Å². The summed E-state index contributed by atoms with van der Waals surface area (Å²) < 4.78 is 0.944. The normalized spacial score (nSPS) is 13.3. The van der Waals surface area contributed by atoms with Gasteiger partial charge >= 0.3 is 0 Å². The Morgan fingerprint density at radius 2 is 2.15 bits per heavy atom. The van der Waals surface area contributed by atoms with Crippen LogP contribution >= 0.6 is 15.9 Å². The number of hydrogen-bond acceptors (Lipinski definition) is 3. The number of primary amides is 1. The molecule has 1 unspecified atom stereocenters. The monoisotopic (exact) mass is 339 g/mol. The molecule has 1 aromatic carbocycles. The Bertz CT molecular complexity index is 498. The molecule has 6 nitrogen and oxygen atoms in total. The summed E-state index contributed by atoms with van der Waals surface area (Å²) >= 11 is 3.37. The molecule has 1 aromatic rings. The molecule has 1 atom stereocenters. The lowest BCUT2D eigenvalue weighted by Crippen LogP contribution is -2.52. The summed E-state index contributed by atoms with van der Waals surface area (Å²) in [6.07, 6.45) is 1.20. The van der Waals surface area contributed by atoms with Gasteiger partial charge in [0.25, 0.3) is 0 Å². The molecule has 20 heavy (non-hydrogen) atoms. The summed E-state index contributed by atoms with van der Waals surface area (Å²) in [7, 11) is 0. The minimum Gasteiger partial charge on any atom is -0.368 e. The van der Waals surface area contributed by atoms with Crippen molar-refractivity contribution < 1.29 is 4.79 Å². The van der Waals surface area contributed by atoms with Gasteiger partial charge in [-0.25, -0.2) is 0 Å². The van der Waals surface area contributed by atoms with Crippen molar-refractivity contribution in [3.05, 3.63) is 44.7 Å². The highest BCUT2D eigenvalue weighted by molar-refractivity contribution is 9.10. The lowest BCUT2D eigenvalue weighted by molar-refractivity contribution is -0.125. The number of nitrogens with zero attached hydrogens (tertiary/aromatic N) is 3. The Morgan fingerprint density at radius 3 is 2.65 bits per heavy atom. The highest BCUT2D eigenvalue weighted by atomic mass is 79.9. The first-order valence-electron chi connectivity index (χ1n) is 6.38. The summed E-state index contributed by atoms with van der Waals surface area (Å²) in [5, 5.41) is 6.67. The maximum absolute atomic E-state index is 11.9. The molecule has 0 bridgehead atoms. The predicted octanol–water partition coefficient (Wildman–Crippen LogP) is 2.83. The van der Waals surface area contributed by atoms with Crippen LogP contribution in [-0.2, 0) is 10.3 Å². The lowest BCUT2D eigenvalue weighted by Gasteiger charge is -2.31. The molecule has 0 aromatic heterocycles. The highest BCUT2D eigenvalue weighted by Gasteiger charge is 2.35. The van der Waals surface area contributed by atoms with Crippen LogP contribution in [0.25, 0.3) is 10.4 Å². The van der Waals surface area contributed by atoms with Crippen molar-refractivity contribution in [2.24, 2.45) is 10.8 Å². The van der Waals surface area contributed by atoms with Crippen LogP contribution in [0.3, 0.4) is 0 Å². The van der Waals surface area contributed by atoms with Crippen LogP contribution in [0, 0.1) is 0 Å². The fourth-order valence-electron chi connectivity index (χ4n) is 2.07. The van der Waals surface area contributed by atoms with E-state index in [1.54, 1.807) is 0 Å². The van der Waals surface area contributed by atoms with E-state index in [1.165, 1.54) is 0 Å². The summed E-state index contributed by atoms with van der Waals surface area (Å²) in [6.45, 7) is 2.85. The first-order chi connectivity index (χ1) is 9.56. The number of nitrogens with one attached hydrogen (secondary N) is 1. The molecule has 0 saturated heterocycles. The molecule has 0 spiro atoms. The smallest absolute Gasteiger partial charge is 0.242 e. The second-order valence-corrected chi connectivity index (χ2v) is 5.28. The summed E-state index contributed by atoms with van der Waals surface area (Å²) in [5.41, 5.74) is 13.8. The van der Waals surface area contributed by atoms with E-state index in [4.69, 9.17) is 11.3 Å². The third-order valence-electron chi connectivity index (χ3n) is 3.21. The molecule has 108 valence electrons. The number of nitrogens with two attached hydrogens (primary N) is 1. The summed E-state index contributed by atoms with van der Waals surface area (Å²) in [5.74, 6) is -0.411. The number of halogens is 1. The van der Waals surface area contributed by atoms with E-state index in [-0.39, 0.29) is 0 Å². The zero-order chi connectivity index (χ0) is 15.0. The molecule has 0 saturated carbocycles. The van der Waals surface area contributed by atoms with E-state index in [1.807, 2.05) is 31.2 Å². The third kappa shape index (κ3) is 3.96. The zero-order valence-electron chi connectivity index (χ0n) is 11.3. The number of azide groups is 1. The number of amides is 1. The quantitative estimate of drug-likeness (QED) is 0.329. The lowest BCUT2D eigenvalue weighted by atomic mass is 9.86. The van der Waals surface area contributed by atoms with E-state index in [0.717, 1.165) is 10.0 Å². The molecule has 7 heteroatoms. The van der Waals surface area contributed by atoms with Crippen LogP contribution in [-0.4, -0.2) is 19.0 Å². The van der Waals surface area contributed by atoms with Crippen LogP contribution in [0.15, 0.2) is 33.9 Å². The van der Waals surface area contributed by atoms with Gasteiger partial charge in [0.2, 0.25) is 5.91 Å². The van der Waals surface area contributed by atoms with Gasteiger partial charge < -0.3 is 5.73 Å². The molecule has 0 fully saturated rings. The molecule has 0 heterocycles. The van der Waals surface area contributed by atoms with Crippen molar-refractivity contribution in [1.82, 2.24) is 5.32 Å². The molecular weight excluding hydrogens is 322 g/mol.